The first-order valence-corrected chi connectivity index (χ1v) is 5.61. The van der Waals surface area contributed by atoms with Crippen LogP contribution in [0.15, 0.2) is 0 Å². The smallest absolute Gasteiger partial charge is 0.309 e. The quantitative estimate of drug-likeness (QED) is 0.884. The zero-order chi connectivity index (χ0) is 12.5. The predicted octanol–water partition coefficient (Wildman–Crippen LogP) is 2.29. The summed E-state index contributed by atoms with van der Waals surface area (Å²) in [5.74, 6) is -0.831. The molecule has 0 aromatic carbocycles. The van der Waals surface area contributed by atoms with Crippen LogP contribution in [0.2, 0.25) is 5.02 Å². The Morgan fingerprint density at radius 1 is 1.56 bits per heavy atom. The van der Waals surface area contributed by atoms with Crippen LogP contribution in [-0.4, -0.2) is 20.9 Å². The molecule has 0 aliphatic heterocycles. The highest BCUT2D eigenvalue weighted by molar-refractivity contribution is 6.31. The molecule has 1 aromatic rings. The van der Waals surface area contributed by atoms with Gasteiger partial charge in [0.25, 0.3) is 0 Å². The van der Waals surface area contributed by atoms with Crippen LogP contribution in [0.25, 0.3) is 0 Å². The lowest BCUT2D eigenvalue weighted by molar-refractivity contribution is -0.146. The van der Waals surface area contributed by atoms with Crippen LogP contribution in [0.3, 0.4) is 0 Å². The molecule has 0 fully saturated rings. The summed E-state index contributed by atoms with van der Waals surface area (Å²) in [4.78, 5) is 11.1. The number of carbonyl (C=O) groups is 1. The zero-order valence-electron chi connectivity index (χ0n) is 10.0. The Kier molecular flexibility index (Phi) is 3.63. The lowest BCUT2D eigenvalue weighted by Gasteiger charge is -2.19. The number of nitrogens with zero attached hydrogens (tertiary/aromatic N) is 2. The van der Waals surface area contributed by atoms with E-state index >= 15 is 0 Å². The Morgan fingerprint density at radius 3 is 2.50 bits per heavy atom. The Bertz CT molecular complexity index is 410. The van der Waals surface area contributed by atoms with Crippen molar-refractivity contribution in [2.24, 2.45) is 12.5 Å². The first-order valence-electron chi connectivity index (χ1n) is 5.23. The van der Waals surface area contributed by atoms with Crippen molar-refractivity contribution < 1.29 is 9.90 Å². The third-order valence-electron chi connectivity index (χ3n) is 2.69. The SMILES string of the molecule is CCc1nn(C)c(CC(C)(C)C(=O)O)c1Cl. The molecule has 0 radical (unpaired) electrons. The summed E-state index contributed by atoms with van der Waals surface area (Å²) in [6.45, 7) is 5.34. The van der Waals surface area contributed by atoms with E-state index in [-0.39, 0.29) is 0 Å². The fourth-order valence-electron chi connectivity index (χ4n) is 1.51. The Hall–Kier alpha value is -1.03. The molecule has 0 spiro atoms. The molecule has 0 aliphatic carbocycles. The van der Waals surface area contributed by atoms with Crippen molar-refractivity contribution in [3.05, 3.63) is 16.4 Å². The Balaban J connectivity index is 3.06. The maximum absolute atomic E-state index is 11.1. The van der Waals surface area contributed by atoms with Crippen LogP contribution in [0.4, 0.5) is 0 Å². The van der Waals surface area contributed by atoms with Gasteiger partial charge in [-0.1, -0.05) is 18.5 Å². The van der Waals surface area contributed by atoms with Gasteiger partial charge >= 0.3 is 5.97 Å². The Morgan fingerprint density at radius 2 is 2.12 bits per heavy atom. The van der Waals surface area contributed by atoms with E-state index in [2.05, 4.69) is 5.10 Å². The molecule has 0 aliphatic rings. The van der Waals surface area contributed by atoms with Crippen LogP contribution in [-0.2, 0) is 24.7 Å². The number of carboxylic acids is 1. The molecule has 0 amide bonds. The summed E-state index contributed by atoms with van der Waals surface area (Å²) in [5.41, 5.74) is 0.772. The maximum Gasteiger partial charge on any atom is 0.309 e. The van der Waals surface area contributed by atoms with Gasteiger partial charge in [-0.2, -0.15) is 5.10 Å². The molecular weight excluding hydrogens is 228 g/mol. The van der Waals surface area contributed by atoms with E-state index in [1.165, 1.54) is 0 Å². The highest BCUT2D eigenvalue weighted by atomic mass is 35.5. The van der Waals surface area contributed by atoms with Gasteiger partial charge < -0.3 is 5.11 Å². The average Bonchev–Trinajstić information content (AvgIpc) is 2.44. The molecule has 1 aromatic heterocycles. The molecule has 1 N–H and O–H groups in total. The predicted molar refractivity (Wildman–Crippen MR) is 62.7 cm³/mol. The molecule has 0 atom stereocenters. The minimum atomic E-state index is -0.831. The molecule has 1 rings (SSSR count). The van der Waals surface area contributed by atoms with Crippen molar-refractivity contribution in [3.8, 4) is 0 Å². The second-order valence-electron chi connectivity index (χ2n) is 4.55. The lowest BCUT2D eigenvalue weighted by Crippen LogP contribution is -2.27. The van der Waals surface area contributed by atoms with Crippen molar-refractivity contribution in [1.29, 1.82) is 0 Å². The van der Waals surface area contributed by atoms with E-state index < -0.39 is 11.4 Å². The van der Waals surface area contributed by atoms with Crippen LogP contribution in [0, 0.1) is 5.41 Å². The molecule has 0 unspecified atom stereocenters. The number of rotatable bonds is 4. The van der Waals surface area contributed by atoms with Crippen molar-refractivity contribution in [1.82, 2.24) is 9.78 Å². The average molecular weight is 245 g/mol. The third-order valence-corrected chi connectivity index (χ3v) is 3.13. The summed E-state index contributed by atoms with van der Waals surface area (Å²) in [7, 11) is 1.79. The van der Waals surface area contributed by atoms with Crippen molar-refractivity contribution in [2.45, 2.75) is 33.6 Å². The number of halogens is 1. The van der Waals surface area contributed by atoms with Crippen molar-refractivity contribution >= 4 is 17.6 Å². The number of aryl methyl sites for hydroxylation is 2. The first-order chi connectivity index (χ1) is 7.29. The van der Waals surface area contributed by atoms with Gasteiger partial charge in [-0.05, 0) is 20.3 Å². The number of hydrogen-bond acceptors (Lipinski definition) is 2. The lowest BCUT2D eigenvalue weighted by atomic mass is 9.88. The number of hydrogen-bond donors (Lipinski definition) is 1. The second-order valence-corrected chi connectivity index (χ2v) is 4.93. The number of aliphatic carboxylic acids is 1. The molecule has 5 heteroatoms. The molecule has 0 saturated heterocycles. The molecule has 90 valence electrons. The summed E-state index contributed by atoms with van der Waals surface area (Å²) >= 11 is 6.16. The fourth-order valence-corrected chi connectivity index (χ4v) is 1.87. The molecular formula is C11H17ClN2O2. The van der Waals surface area contributed by atoms with E-state index in [1.54, 1.807) is 25.6 Å². The van der Waals surface area contributed by atoms with Gasteiger partial charge in [-0.15, -0.1) is 0 Å². The fraction of sp³-hybridized carbons (Fsp3) is 0.636. The van der Waals surface area contributed by atoms with Gasteiger partial charge in [-0.25, -0.2) is 0 Å². The van der Waals surface area contributed by atoms with E-state index in [4.69, 9.17) is 16.7 Å². The normalized spacial score (nSPS) is 11.8. The number of carboxylic acid groups (broad SMARTS) is 1. The van der Waals surface area contributed by atoms with Gasteiger partial charge in [0, 0.05) is 13.5 Å². The van der Waals surface area contributed by atoms with Gasteiger partial charge in [-0.3, -0.25) is 9.48 Å². The monoisotopic (exact) mass is 244 g/mol. The van der Waals surface area contributed by atoms with Crippen LogP contribution < -0.4 is 0 Å². The highest BCUT2D eigenvalue weighted by Crippen LogP contribution is 2.28. The van der Waals surface area contributed by atoms with Crippen molar-refractivity contribution in [3.63, 3.8) is 0 Å². The first kappa shape index (κ1) is 13.0. The molecule has 0 bridgehead atoms. The zero-order valence-corrected chi connectivity index (χ0v) is 10.8. The summed E-state index contributed by atoms with van der Waals surface area (Å²) in [6, 6.07) is 0. The summed E-state index contributed by atoms with van der Waals surface area (Å²) in [6.07, 6.45) is 1.13. The maximum atomic E-state index is 11.1. The second kappa shape index (κ2) is 4.45. The minimum Gasteiger partial charge on any atom is -0.481 e. The Labute approximate surface area is 100 Å². The van der Waals surface area contributed by atoms with Gasteiger partial charge in [0.05, 0.1) is 21.8 Å². The minimum absolute atomic E-state index is 0.380. The van der Waals surface area contributed by atoms with Crippen LogP contribution in [0.1, 0.15) is 32.2 Å². The number of aromatic nitrogens is 2. The highest BCUT2D eigenvalue weighted by Gasteiger charge is 2.30. The van der Waals surface area contributed by atoms with E-state index in [9.17, 15) is 4.79 Å². The summed E-state index contributed by atoms with van der Waals surface area (Å²) in [5, 5.41) is 13.9. The van der Waals surface area contributed by atoms with Gasteiger partial charge in [0.1, 0.15) is 0 Å². The largest absolute Gasteiger partial charge is 0.481 e. The van der Waals surface area contributed by atoms with Gasteiger partial charge in [0.15, 0.2) is 0 Å². The topological polar surface area (TPSA) is 55.1 Å². The molecule has 16 heavy (non-hydrogen) atoms. The van der Waals surface area contributed by atoms with E-state index in [1.807, 2.05) is 6.92 Å². The molecule has 4 nitrogen and oxygen atoms in total. The summed E-state index contributed by atoms with van der Waals surface area (Å²) < 4.78 is 1.67. The van der Waals surface area contributed by atoms with Crippen molar-refractivity contribution in [2.75, 3.05) is 0 Å². The van der Waals surface area contributed by atoms with Crippen LogP contribution >= 0.6 is 11.6 Å². The molecule has 1 heterocycles. The third kappa shape index (κ3) is 2.38. The van der Waals surface area contributed by atoms with E-state index in [0.717, 1.165) is 17.8 Å². The molecule has 0 saturated carbocycles. The van der Waals surface area contributed by atoms with E-state index in [0.29, 0.717) is 11.4 Å². The standard InChI is InChI=1S/C11H17ClN2O2/c1-5-7-9(12)8(14(4)13-7)6-11(2,3)10(15)16/h5-6H2,1-4H3,(H,15,16). The van der Waals surface area contributed by atoms with Crippen LogP contribution in [0.5, 0.6) is 0 Å². The van der Waals surface area contributed by atoms with Gasteiger partial charge in [0.2, 0.25) is 0 Å².